The molecule has 2 aromatic rings. The van der Waals surface area contributed by atoms with Crippen LogP contribution in [0.3, 0.4) is 0 Å². The Morgan fingerprint density at radius 3 is 2.04 bits per heavy atom. The molecule has 1 aromatic heterocycles. The summed E-state index contributed by atoms with van der Waals surface area (Å²) in [6.07, 6.45) is 3.11. The van der Waals surface area contributed by atoms with Gasteiger partial charge in [0.2, 0.25) is 0 Å². The molecule has 25 heavy (non-hydrogen) atoms. The molecule has 132 valence electrons. The predicted molar refractivity (Wildman–Crippen MR) is 94.5 cm³/mol. The molecule has 3 rings (SSSR count). The molecule has 2 heterocycles. The highest BCUT2D eigenvalue weighted by molar-refractivity contribution is 5.94. The monoisotopic (exact) mass is 342 g/mol. The van der Waals surface area contributed by atoms with Crippen molar-refractivity contribution in [2.24, 2.45) is 7.05 Å². The third kappa shape index (κ3) is 3.38. The van der Waals surface area contributed by atoms with E-state index in [9.17, 15) is 9.59 Å². The van der Waals surface area contributed by atoms with E-state index in [-0.39, 0.29) is 11.5 Å². The normalized spacial score (nSPS) is 13.8. The first-order chi connectivity index (χ1) is 12.0. The van der Waals surface area contributed by atoms with E-state index >= 15 is 0 Å². The van der Waals surface area contributed by atoms with Gasteiger partial charge in [0.15, 0.2) is 11.5 Å². The molecule has 1 aromatic carbocycles. The fourth-order valence-corrected chi connectivity index (χ4v) is 3.12. The van der Waals surface area contributed by atoms with E-state index in [0.29, 0.717) is 30.2 Å². The van der Waals surface area contributed by atoms with Gasteiger partial charge in [-0.3, -0.25) is 9.59 Å². The molecule has 1 aliphatic heterocycles. The van der Waals surface area contributed by atoms with E-state index in [4.69, 9.17) is 9.47 Å². The lowest BCUT2D eigenvalue weighted by molar-refractivity contribution is 0.0762. The summed E-state index contributed by atoms with van der Waals surface area (Å²) in [5, 5.41) is 0. The molecule has 0 aliphatic carbocycles. The van der Waals surface area contributed by atoms with Crippen molar-refractivity contribution in [1.29, 1.82) is 0 Å². The molecule has 0 saturated heterocycles. The Kier molecular flexibility index (Phi) is 4.79. The molecule has 0 N–H and O–H groups in total. The largest absolute Gasteiger partial charge is 0.493 e. The minimum atomic E-state index is -0.182. The number of carbonyl (C=O) groups is 1. The molecule has 1 aliphatic rings. The molecule has 0 spiro atoms. The van der Waals surface area contributed by atoms with Crippen LogP contribution >= 0.6 is 0 Å². The van der Waals surface area contributed by atoms with Gasteiger partial charge in [0.05, 0.1) is 14.2 Å². The van der Waals surface area contributed by atoms with Crippen molar-refractivity contribution in [3.63, 3.8) is 0 Å². The fraction of sp³-hybridized carbons (Fsp3) is 0.368. The van der Waals surface area contributed by atoms with Crippen LogP contribution in [0.25, 0.3) is 0 Å². The third-order valence-corrected chi connectivity index (χ3v) is 4.65. The summed E-state index contributed by atoms with van der Waals surface area (Å²) in [5.41, 5.74) is 2.58. The Hall–Kier alpha value is -2.76. The lowest BCUT2D eigenvalue weighted by Gasteiger charge is -2.20. The van der Waals surface area contributed by atoms with Crippen LogP contribution in [-0.2, 0) is 19.9 Å². The minimum absolute atomic E-state index is 0.107. The molecule has 0 fully saturated rings. The summed E-state index contributed by atoms with van der Waals surface area (Å²) in [7, 11) is 4.90. The molecule has 1 amide bonds. The summed E-state index contributed by atoms with van der Waals surface area (Å²) >= 11 is 0. The summed E-state index contributed by atoms with van der Waals surface area (Å²) in [6.45, 7) is 1.22. The second-order valence-electron chi connectivity index (χ2n) is 6.13. The van der Waals surface area contributed by atoms with Crippen LogP contribution in [0.2, 0.25) is 0 Å². The highest BCUT2D eigenvalue weighted by atomic mass is 16.5. The van der Waals surface area contributed by atoms with Crippen molar-refractivity contribution in [2.45, 2.75) is 12.8 Å². The molecule has 0 bridgehead atoms. The number of hydrogen-bond acceptors (Lipinski definition) is 4. The molecule has 0 unspecified atom stereocenters. The molecule has 6 nitrogen and oxygen atoms in total. The Morgan fingerprint density at radius 1 is 1.00 bits per heavy atom. The van der Waals surface area contributed by atoms with E-state index in [1.807, 2.05) is 12.1 Å². The highest BCUT2D eigenvalue weighted by Gasteiger charge is 2.21. The zero-order chi connectivity index (χ0) is 18.0. The SMILES string of the molecule is COc1cc2c(cc1OC)CCN(C(=O)c1ccn(C)c(=O)c1)CC2. The maximum absolute atomic E-state index is 12.7. The van der Waals surface area contributed by atoms with E-state index in [1.54, 1.807) is 38.4 Å². The van der Waals surface area contributed by atoms with Crippen LogP contribution in [0.15, 0.2) is 35.3 Å². The van der Waals surface area contributed by atoms with Gasteiger partial charge in [-0.1, -0.05) is 0 Å². The summed E-state index contributed by atoms with van der Waals surface area (Å²) < 4.78 is 12.2. The Labute approximate surface area is 146 Å². The Morgan fingerprint density at radius 2 is 1.56 bits per heavy atom. The van der Waals surface area contributed by atoms with Gasteiger partial charge >= 0.3 is 0 Å². The van der Waals surface area contributed by atoms with Gasteiger partial charge in [0.25, 0.3) is 11.5 Å². The molecule has 6 heteroatoms. The van der Waals surface area contributed by atoms with Gasteiger partial charge in [0, 0.05) is 38.0 Å². The van der Waals surface area contributed by atoms with Gasteiger partial charge in [0.1, 0.15) is 0 Å². The zero-order valence-electron chi connectivity index (χ0n) is 14.7. The number of aromatic nitrogens is 1. The van der Waals surface area contributed by atoms with Crippen molar-refractivity contribution >= 4 is 5.91 Å². The quantitative estimate of drug-likeness (QED) is 0.851. The van der Waals surface area contributed by atoms with E-state index < -0.39 is 0 Å². The number of aryl methyl sites for hydroxylation is 1. The molecular formula is C19H22N2O4. The number of fused-ring (bicyclic) bond motifs is 1. The topological polar surface area (TPSA) is 60.8 Å². The standard InChI is InChI=1S/C19H22N2O4/c1-20-7-4-15(12-18(20)22)19(23)21-8-5-13-10-16(24-2)17(25-3)11-14(13)6-9-21/h4,7,10-12H,5-6,8-9H2,1-3H3. The summed E-state index contributed by atoms with van der Waals surface area (Å²) in [6, 6.07) is 7.06. The van der Waals surface area contributed by atoms with Crippen LogP contribution in [0.5, 0.6) is 11.5 Å². The number of methoxy groups -OCH3 is 2. The zero-order valence-corrected chi connectivity index (χ0v) is 14.7. The Bertz CT molecular complexity index is 822. The second kappa shape index (κ2) is 7.01. The van der Waals surface area contributed by atoms with Crippen molar-refractivity contribution in [1.82, 2.24) is 9.47 Å². The minimum Gasteiger partial charge on any atom is -0.493 e. The van der Waals surface area contributed by atoms with E-state index in [2.05, 4.69) is 0 Å². The molecule has 0 radical (unpaired) electrons. The van der Waals surface area contributed by atoms with Crippen LogP contribution in [0.1, 0.15) is 21.5 Å². The number of ether oxygens (including phenoxy) is 2. The predicted octanol–water partition coefficient (Wildman–Crippen LogP) is 1.64. The van der Waals surface area contributed by atoms with Gasteiger partial charge in [-0.15, -0.1) is 0 Å². The number of amides is 1. The van der Waals surface area contributed by atoms with Gasteiger partial charge in [-0.2, -0.15) is 0 Å². The fourth-order valence-electron chi connectivity index (χ4n) is 3.12. The number of hydrogen-bond donors (Lipinski definition) is 0. The van der Waals surface area contributed by atoms with Gasteiger partial charge < -0.3 is 18.9 Å². The van der Waals surface area contributed by atoms with Gasteiger partial charge in [-0.25, -0.2) is 0 Å². The smallest absolute Gasteiger partial charge is 0.254 e. The maximum Gasteiger partial charge on any atom is 0.254 e. The van der Waals surface area contributed by atoms with Crippen LogP contribution < -0.4 is 15.0 Å². The summed E-state index contributed by atoms with van der Waals surface area (Å²) in [4.78, 5) is 26.3. The first-order valence-electron chi connectivity index (χ1n) is 8.23. The van der Waals surface area contributed by atoms with E-state index in [1.165, 1.54) is 10.6 Å². The van der Waals surface area contributed by atoms with Crippen molar-refractivity contribution < 1.29 is 14.3 Å². The highest BCUT2D eigenvalue weighted by Crippen LogP contribution is 2.32. The van der Waals surface area contributed by atoms with Crippen LogP contribution in [-0.4, -0.2) is 42.7 Å². The van der Waals surface area contributed by atoms with Crippen LogP contribution in [0, 0.1) is 0 Å². The first kappa shape index (κ1) is 17.1. The first-order valence-corrected chi connectivity index (χ1v) is 8.23. The molecule has 0 atom stereocenters. The summed E-state index contributed by atoms with van der Waals surface area (Å²) in [5.74, 6) is 1.30. The Balaban J connectivity index is 1.82. The van der Waals surface area contributed by atoms with Crippen molar-refractivity contribution in [3.8, 4) is 11.5 Å². The average Bonchev–Trinajstić information content (AvgIpc) is 2.84. The number of carbonyl (C=O) groups excluding carboxylic acids is 1. The maximum atomic E-state index is 12.7. The van der Waals surface area contributed by atoms with Crippen molar-refractivity contribution in [3.05, 3.63) is 57.5 Å². The number of rotatable bonds is 3. The average molecular weight is 342 g/mol. The van der Waals surface area contributed by atoms with E-state index in [0.717, 1.165) is 24.0 Å². The molecule has 0 saturated carbocycles. The third-order valence-electron chi connectivity index (χ3n) is 4.65. The van der Waals surface area contributed by atoms with Crippen LogP contribution in [0.4, 0.5) is 0 Å². The number of pyridine rings is 1. The second-order valence-corrected chi connectivity index (χ2v) is 6.13. The lowest BCUT2D eigenvalue weighted by atomic mass is 10.0. The van der Waals surface area contributed by atoms with Crippen molar-refractivity contribution in [2.75, 3.05) is 27.3 Å². The number of benzene rings is 1. The van der Waals surface area contributed by atoms with Gasteiger partial charge in [-0.05, 0) is 42.2 Å². The number of nitrogens with zero attached hydrogens (tertiary/aromatic N) is 2. The lowest BCUT2D eigenvalue weighted by Crippen LogP contribution is -2.34. The molecular weight excluding hydrogens is 320 g/mol.